The number of benzene rings is 1. The van der Waals surface area contributed by atoms with E-state index in [0.29, 0.717) is 30.0 Å². The zero-order valence-electron chi connectivity index (χ0n) is 10.8. The Bertz CT molecular complexity index is 442. The molecule has 19 heavy (non-hydrogen) atoms. The highest BCUT2D eigenvalue weighted by atomic mass is 35.5. The topological polar surface area (TPSA) is 114 Å². The molecule has 1 rings (SSSR count). The lowest BCUT2D eigenvalue weighted by Crippen LogP contribution is -2.17. The summed E-state index contributed by atoms with van der Waals surface area (Å²) in [5, 5.41) is 11.0. The van der Waals surface area contributed by atoms with Gasteiger partial charge in [0.25, 0.3) is 5.69 Å². The third kappa shape index (κ3) is 3.95. The first-order chi connectivity index (χ1) is 8.54. The summed E-state index contributed by atoms with van der Waals surface area (Å²) in [6.45, 7) is 0.354. The summed E-state index contributed by atoms with van der Waals surface area (Å²) in [6, 6.07) is 2.33. The van der Waals surface area contributed by atoms with Gasteiger partial charge in [0.2, 0.25) is 0 Å². The van der Waals surface area contributed by atoms with Gasteiger partial charge >= 0.3 is 0 Å². The Kier molecular flexibility index (Phi) is 7.13. The first-order valence-electron chi connectivity index (χ1n) is 5.41. The molecule has 0 aliphatic rings. The summed E-state index contributed by atoms with van der Waals surface area (Å²) in [5.41, 5.74) is 11.6. The summed E-state index contributed by atoms with van der Waals surface area (Å²) in [4.78, 5) is 10.5. The SMILES string of the molecule is COc1cc([C@H](N)CCN)c([N+](=O)[O-])cc1OC.Cl. The van der Waals surface area contributed by atoms with Crippen molar-refractivity contribution >= 4 is 18.1 Å². The van der Waals surface area contributed by atoms with E-state index in [4.69, 9.17) is 20.9 Å². The molecule has 0 saturated carbocycles. The van der Waals surface area contributed by atoms with E-state index in [1.807, 2.05) is 0 Å². The zero-order chi connectivity index (χ0) is 13.7. The fourth-order valence-electron chi connectivity index (χ4n) is 1.67. The van der Waals surface area contributed by atoms with Crippen molar-refractivity contribution in [1.29, 1.82) is 0 Å². The highest BCUT2D eigenvalue weighted by Crippen LogP contribution is 2.37. The van der Waals surface area contributed by atoms with Gasteiger partial charge in [-0.05, 0) is 19.0 Å². The maximum atomic E-state index is 11.0. The number of nitro groups is 1. The van der Waals surface area contributed by atoms with Gasteiger partial charge < -0.3 is 20.9 Å². The van der Waals surface area contributed by atoms with Crippen molar-refractivity contribution < 1.29 is 14.4 Å². The lowest BCUT2D eigenvalue weighted by atomic mass is 10.0. The molecule has 1 atom stereocenters. The Labute approximate surface area is 117 Å². The van der Waals surface area contributed by atoms with Crippen LogP contribution in [0, 0.1) is 10.1 Å². The molecule has 0 fully saturated rings. The van der Waals surface area contributed by atoms with Crippen LogP contribution in [0.4, 0.5) is 5.69 Å². The van der Waals surface area contributed by atoms with Crippen LogP contribution in [-0.2, 0) is 0 Å². The van der Waals surface area contributed by atoms with Crippen LogP contribution in [0.3, 0.4) is 0 Å². The smallest absolute Gasteiger partial charge is 0.278 e. The second-order valence-electron chi connectivity index (χ2n) is 3.71. The average Bonchev–Trinajstić information content (AvgIpc) is 2.37. The van der Waals surface area contributed by atoms with E-state index in [0.717, 1.165) is 0 Å². The molecule has 0 aliphatic heterocycles. The number of nitrogens with two attached hydrogens (primary N) is 2. The van der Waals surface area contributed by atoms with Crippen LogP contribution in [-0.4, -0.2) is 25.7 Å². The standard InChI is InChI=1S/C11H17N3O4.ClH/c1-17-10-5-7(8(13)3-4-12)9(14(15)16)6-11(10)18-2;/h5-6,8H,3-4,12-13H2,1-2H3;1H/t8-;/m1./s1. The quantitative estimate of drug-likeness (QED) is 0.604. The molecule has 0 heterocycles. The molecule has 108 valence electrons. The van der Waals surface area contributed by atoms with Gasteiger partial charge in [-0.15, -0.1) is 12.4 Å². The van der Waals surface area contributed by atoms with Crippen LogP contribution < -0.4 is 20.9 Å². The van der Waals surface area contributed by atoms with Crippen LogP contribution in [0.2, 0.25) is 0 Å². The van der Waals surface area contributed by atoms with E-state index in [2.05, 4.69) is 0 Å². The van der Waals surface area contributed by atoms with Crippen LogP contribution in [0.15, 0.2) is 12.1 Å². The molecule has 0 radical (unpaired) electrons. The average molecular weight is 292 g/mol. The fourth-order valence-corrected chi connectivity index (χ4v) is 1.67. The molecule has 4 N–H and O–H groups in total. The summed E-state index contributed by atoms with van der Waals surface area (Å²) in [7, 11) is 2.88. The van der Waals surface area contributed by atoms with Crippen LogP contribution in [0.5, 0.6) is 11.5 Å². The molecule has 0 aliphatic carbocycles. The molecule has 8 heteroatoms. The van der Waals surface area contributed by atoms with Gasteiger partial charge in [-0.1, -0.05) is 0 Å². The second-order valence-corrected chi connectivity index (χ2v) is 3.71. The minimum absolute atomic E-state index is 0. The van der Waals surface area contributed by atoms with Gasteiger partial charge in [-0.25, -0.2) is 0 Å². The van der Waals surface area contributed by atoms with Gasteiger partial charge in [0, 0.05) is 6.04 Å². The Morgan fingerprint density at radius 2 is 1.84 bits per heavy atom. The van der Waals surface area contributed by atoms with E-state index < -0.39 is 11.0 Å². The second kappa shape index (κ2) is 7.78. The Morgan fingerprint density at radius 1 is 1.32 bits per heavy atom. The molecule has 0 unspecified atom stereocenters. The van der Waals surface area contributed by atoms with Gasteiger partial charge in [0.1, 0.15) is 0 Å². The number of ether oxygens (including phenoxy) is 2. The van der Waals surface area contributed by atoms with E-state index in [1.54, 1.807) is 0 Å². The summed E-state index contributed by atoms with van der Waals surface area (Å²) >= 11 is 0. The molecule has 1 aromatic carbocycles. The fraction of sp³-hybridized carbons (Fsp3) is 0.455. The lowest BCUT2D eigenvalue weighted by molar-refractivity contribution is -0.385. The lowest BCUT2D eigenvalue weighted by Gasteiger charge is -2.14. The van der Waals surface area contributed by atoms with E-state index in [9.17, 15) is 10.1 Å². The van der Waals surface area contributed by atoms with Crippen molar-refractivity contribution in [3.63, 3.8) is 0 Å². The zero-order valence-corrected chi connectivity index (χ0v) is 11.6. The maximum absolute atomic E-state index is 11.0. The largest absolute Gasteiger partial charge is 0.493 e. The Balaban J connectivity index is 0.00000324. The van der Waals surface area contributed by atoms with Gasteiger partial charge in [0.05, 0.1) is 30.8 Å². The number of nitrogens with zero attached hydrogens (tertiary/aromatic N) is 1. The van der Waals surface area contributed by atoms with Crippen LogP contribution >= 0.6 is 12.4 Å². The first-order valence-corrected chi connectivity index (χ1v) is 5.41. The van der Waals surface area contributed by atoms with Crippen LogP contribution in [0.25, 0.3) is 0 Å². The number of methoxy groups -OCH3 is 2. The van der Waals surface area contributed by atoms with Gasteiger partial charge in [-0.2, -0.15) is 0 Å². The minimum Gasteiger partial charge on any atom is -0.493 e. The van der Waals surface area contributed by atoms with Crippen molar-refractivity contribution in [3.05, 3.63) is 27.8 Å². The number of nitro benzene ring substituents is 1. The number of hydrogen-bond acceptors (Lipinski definition) is 6. The summed E-state index contributed by atoms with van der Waals surface area (Å²) in [6.07, 6.45) is 0.455. The number of rotatable bonds is 6. The maximum Gasteiger partial charge on any atom is 0.278 e. The third-order valence-corrected chi connectivity index (χ3v) is 2.61. The highest BCUT2D eigenvalue weighted by Gasteiger charge is 2.23. The van der Waals surface area contributed by atoms with E-state index in [1.165, 1.54) is 26.4 Å². The molecule has 0 aromatic heterocycles. The molecule has 7 nitrogen and oxygen atoms in total. The molecule has 0 saturated heterocycles. The normalized spacial score (nSPS) is 11.4. The van der Waals surface area contributed by atoms with E-state index >= 15 is 0 Å². The summed E-state index contributed by atoms with van der Waals surface area (Å²) in [5.74, 6) is 0.707. The molecule has 0 amide bonds. The Hall–Kier alpha value is -1.57. The molecule has 1 aromatic rings. The van der Waals surface area contributed by atoms with Crippen molar-refractivity contribution in [2.24, 2.45) is 11.5 Å². The molecular weight excluding hydrogens is 274 g/mol. The summed E-state index contributed by atoms with van der Waals surface area (Å²) < 4.78 is 10.1. The van der Waals surface area contributed by atoms with Crippen molar-refractivity contribution in [2.75, 3.05) is 20.8 Å². The van der Waals surface area contributed by atoms with Crippen LogP contribution in [0.1, 0.15) is 18.0 Å². The monoisotopic (exact) mass is 291 g/mol. The number of hydrogen-bond donors (Lipinski definition) is 2. The van der Waals surface area contributed by atoms with Gasteiger partial charge in [-0.3, -0.25) is 10.1 Å². The highest BCUT2D eigenvalue weighted by molar-refractivity contribution is 5.85. The number of halogens is 1. The van der Waals surface area contributed by atoms with Crippen molar-refractivity contribution in [1.82, 2.24) is 0 Å². The van der Waals surface area contributed by atoms with E-state index in [-0.39, 0.29) is 18.1 Å². The molecule has 0 spiro atoms. The molecular formula is C11H18ClN3O4. The first kappa shape index (κ1) is 17.4. The third-order valence-electron chi connectivity index (χ3n) is 2.61. The van der Waals surface area contributed by atoms with Gasteiger partial charge in [0.15, 0.2) is 11.5 Å². The van der Waals surface area contributed by atoms with Crippen molar-refractivity contribution in [2.45, 2.75) is 12.5 Å². The Morgan fingerprint density at radius 3 is 2.26 bits per heavy atom. The minimum atomic E-state index is -0.504. The van der Waals surface area contributed by atoms with Crippen molar-refractivity contribution in [3.8, 4) is 11.5 Å². The predicted molar refractivity (Wildman–Crippen MR) is 74.0 cm³/mol. The predicted octanol–water partition coefficient (Wildman–Crippen LogP) is 1.38. The molecule has 0 bridgehead atoms.